The van der Waals surface area contributed by atoms with E-state index in [2.05, 4.69) is 0 Å². The van der Waals surface area contributed by atoms with E-state index in [1.807, 2.05) is 6.07 Å². The number of carboxylic acid groups (broad SMARTS) is 1. The fourth-order valence-electron chi connectivity index (χ4n) is 2.49. The molecular formula is C19H28O8. The Balaban J connectivity index is 1.92. The highest BCUT2D eigenvalue weighted by atomic mass is 16.6. The van der Waals surface area contributed by atoms with Crippen LogP contribution in [0.1, 0.15) is 21.5 Å². The Hall–Kier alpha value is -1.55. The number of rotatable bonds is 1. The molecular weight excluding hydrogens is 356 g/mol. The van der Waals surface area contributed by atoms with Crippen molar-refractivity contribution in [2.75, 3.05) is 66.1 Å². The van der Waals surface area contributed by atoms with Gasteiger partial charge in [-0.2, -0.15) is 0 Å². The maximum atomic E-state index is 11.5. The lowest BCUT2D eigenvalue weighted by atomic mass is 10.0. The Morgan fingerprint density at radius 2 is 1.11 bits per heavy atom. The van der Waals surface area contributed by atoms with Gasteiger partial charge in [0.1, 0.15) is 0 Å². The van der Waals surface area contributed by atoms with Gasteiger partial charge >= 0.3 is 5.97 Å². The highest BCUT2D eigenvalue weighted by Gasteiger charge is 2.14. The number of carbonyl (C=O) groups is 1. The van der Waals surface area contributed by atoms with E-state index < -0.39 is 5.97 Å². The molecule has 1 heterocycles. The smallest absolute Gasteiger partial charge is 0.336 e. The van der Waals surface area contributed by atoms with E-state index in [1.165, 1.54) is 0 Å². The van der Waals surface area contributed by atoms with Crippen molar-refractivity contribution in [1.29, 1.82) is 0 Å². The Labute approximate surface area is 159 Å². The zero-order valence-electron chi connectivity index (χ0n) is 15.5. The van der Waals surface area contributed by atoms with Gasteiger partial charge in [-0.05, 0) is 17.2 Å². The summed E-state index contributed by atoms with van der Waals surface area (Å²) < 4.78 is 32.9. The molecule has 1 aromatic carbocycles. The maximum Gasteiger partial charge on any atom is 0.336 e. The lowest BCUT2D eigenvalue weighted by Crippen LogP contribution is -2.15. The SMILES string of the molecule is O=C(O)c1cccc2c1COCCOCCOCCOCCOCCOC2. The summed E-state index contributed by atoms with van der Waals surface area (Å²) in [5.41, 5.74) is 1.64. The normalized spacial score (nSPS) is 19.7. The van der Waals surface area contributed by atoms with Gasteiger partial charge in [0.25, 0.3) is 0 Å². The van der Waals surface area contributed by atoms with E-state index in [4.69, 9.17) is 28.4 Å². The van der Waals surface area contributed by atoms with Crippen molar-refractivity contribution in [2.45, 2.75) is 13.2 Å². The Morgan fingerprint density at radius 1 is 0.667 bits per heavy atom. The van der Waals surface area contributed by atoms with Crippen molar-refractivity contribution in [3.05, 3.63) is 34.9 Å². The predicted octanol–water partition coefficient (Wildman–Crippen LogP) is 1.50. The number of fused-ring (bicyclic) bond motifs is 1. The fraction of sp³-hybridized carbons (Fsp3) is 0.632. The lowest BCUT2D eigenvalue weighted by molar-refractivity contribution is -0.0202. The molecule has 0 aromatic heterocycles. The number of benzene rings is 1. The maximum absolute atomic E-state index is 11.5. The van der Waals surface area contributed by atoms with E-state index in [1.54, 1.807) is 12.1 Å². The molecule has 2 rings (SSSR count). The zero-order chi connectivity index (χ0) is 19.2. The van der Waals surface area contributed by atoms with Crippen LogP contribution in [-0.2, 0) is 41.6 Å². The van der Waals surface area contributed by atoms with Crippen molar-refractivity contribution in [3.8, 4) is 0 Å². The first-order valence-electron chi connectivity index (χ1n) is 9.09. The van der Waals surface area contributed by atoms with Gasteiger partial charge in [0.05, 0.1) is 84.8 Å². The minimum absolute atomic E-state index is 0.189. The third-order valence-corrected chi connectivity index (χ3v) is 3.87. The van der Waals surface area contributed by atoms with E-state index >= 15 is 0 Å². The predicted molar refractivity (Wildman–Crippen MR) is 96.0 cm³/mol. The molecule has 0 unspecified atom stereocenters. The Bertz CT molecular complexity index is 549. The van der Waals surface area contributed by atoms with Crippen LogP contribution in [0.3, 0.4) is 0 Å². The molecule has 0 fully saturated rings. The van der Waals surface area contributed by atoms with Gasteiger partial charge in [-0.1, -0.05) is 12.1 Å². The summed E-state index contributed by atoms with van der Waals surface area (Å²) in [4.78, 5) is 11.5. The molecule has 152 valence electrons. The van der Waals surface area contributed by atoms with Crippen LogP contribution in [0, 0.1) is 0 Å². The third-order valence-electron chi connectivity index (χ3n) is 3.87. The van der Waals surface area contributed by atoms with E-state index in [0.717, 1.165) is 5.56 Å². The fourth-order valence-corrected chi connectivity index (χ4v) is 2.49. The summed E-state index contributed by atoms with van der Waals surface area (Å²) in [6.45, 7) is 5.11. The molecule has 0 saturated carbocycles. The topological polar surface area (TPSA) is 92.7 Å². The average molecular weight is 384 g/mol. The van der Waals surface area contributed by atoms with Crippen molar-refractivity contribution < 1.29 is 38.3 Å². The first-order valence-corrected chi connectivity index (χ1v) is 9.09. The lowest BCUT2D eigenvalue weighted by Gasteiger charge is -2.14. The molecule has 0 atom stereocenters. The second-order valence-electron chi connectivity index (χ2n) is 5.80. The van der Waals surface area contributed by atoms with E-state index in [9.17, 15) is 9.90 Å². The molecule has 0 amide bonds. The van der Waals surface area contributed by atoms with E-state index in [0.29, 0.717) is 78.2 Å². The number of ether oxygens (including phenoxy) is 6. The van der Waals surface area contributed by atoms with Crippen molar-refractivity contribution in [3.63, 3.8) is 0 Å². The third kappa shape index (κ3) is 8.79. The van der Waals surface area contributed by atoms with Crippen LogP contribution in [0.5, 0.6) is 0 Å². The number of carboxylic acids is 1. The van der Waals surface area contributed by atoms with Crippen LogP contribution in [0.2, 0.25) is 0 Å². The standard InChI is InChI=1S/C19H28O8/c20-19(21)17-3-1-2-16-14-26-12-10-24-8-6-22-4-5-23-7-9-25-11-13-27-15-18(16)17/h1-3H,4-15H2,(H,20,21). The summed E-state index contributed by atoms with van der Waals surface area (Å²) in [5.74, 6) is -0.985. The molecule has 0 bridgehead atoms. The molecule has 1 aromatic rings. The van der Waals surface area contributed by atoms with E-state index in [-0.39, 0.29) is 12.2 Å². The van der Waals surface area contributed by atoms with Crippen LogP contribution in [-0.4, -0.2) is 77.1 Å². The van der Waals surface area contributed by atoms with Gasteiger partial charge in [-0.3, -0.25) is 0 Å². The quantitative estimate of drug-likeness (QED) is 0.779. The molecule has 8 heteroatoms. The van der Waals surface area contributed by atoms with Gasteiger partial charge < -0.3 is 33.5 Å². The van der Waals surface area contributed by atoms with Crippen LogP contribution in [0.4, 0.5) is 0 Å². The molecule has 1 aliphatic heterocycles. The first kappa shape index (κ1) is 21.7. The molecule has 8 nitrogen and oxygen atoms in total. The van der Waals surface area contributed by atoms with Crippen molar-refractivity contribution in [2.24, 2.45) is 0 Å². The molecule has 0 aliphatic carbocycles. The monoisotopic (exact) mass is 384 g/mol. The number of aromatic carboxylic acids is 1. The first-order chi connectivity index (χ1) is 13.3. The Kier molecular flexibility index (Phi) is 10.9. The summed E-state index contributed by atoms with van der Waals surface area (Å²) in [6.07, 6.45) is 0. The largest absolute Gasteiger partial charge is 0.478 e. The number of hydrogen-bond donors (Lipinski definition) is 1. The van der Waals surface area contributed by atoms with Crippen LogP contribution >= 0.6 is 0 Å². The van der Waals surface area contributed by atoms with Gasteiger partial charge in [0.2, 0.25) is 0 Å². The second-order valence-corrected chi connectivity index (χ2v) is 5.80. The highest BCUT2D eigenvalue weighted by Crippen LogP contribution is 2.18. The second kappa shape index (κ2) is 13.6. The minimum atomic E-state index is -0.985. The van der Waals surface area contributed by atoms with Gasteiger partial charge in [-0.15, -0.1) is 0 Å². The Morgan fingerprint density at radius 3 is 1.59 bits per heavy atom. The summed E-state index contributed by atoms with van der Waals surface area (Å²) in [5, 5.41) is 9.42. The molecule has 27 heavy (non-hydrogen) atoms. The van der Waals surface area contributed by atoms with Gasteiger partial charge in [0.15, 0.2) is 0 Å². The highest BCUT2D eigenvalue weighted by molar-refractivity contribution is 5.89. The molecule has 1 N–H and O–H groups in total. The zero-order valence-corrected chi connectivity index (χ0v) is 15.5. The average Bonchev–Trinajstić information content (AvgIpc) is 2.66. The van der Waals surface area contributed by atoms with Gasteiger partial charge in [-0.25, -0.2) is 4.79 Å². The van der Waals surface area contributed by atoms with Crippen LogP contribution in [0.15, 0.2) is 18.2 Å². The summed E-state index contributed by atoms with van der Waals surface area (Å²) in [7, 11) is 0. The summed E-state index contributed by atoms with van der Waals surface area (Å²) in [6, 6.07) is 5.13. The molecule has 0 saturated heterocycles. The van der Waals surface area contributed by atoms with Crippen molar-refractivity contribution >= 4 is 5.97 Å². The number of hydrogen-bond acceptors (Lipinski definition) is 7. The minimum Gasteiger partial charge on any atom is -0.478 e. The van der Waals surface area contributed by atoms with Crippen molar-refractivity contribution in [1.82, 2.24) is 0 Å². The molecule has 0 spiro atoms. The van der Waals surface area contributed by atoms with Crippen LogP contribution in [0.25, 0.3) is 0 Å². The molecule has 0 radical (unpaired) electrons. The van der Waals surface area contributed by atoms with Gasteiger partial charge in [0, 0.05) is 0 Å². The summed E-state index contributed by atoms with van der Waals surface area (Å²) >= 11 is 0. The van der Waals surface area contributed by atoms with Crippen LogP contribution < -0.4 is 0 Å². The molecule has 1 aliphatic rings.